The van der Waals surface area contributed by atoms with Crippen molar-refractivity contribution in [1.29, 1.82) is 0 Å². The molecule has 0 saturated heterocycles. The van der Waals surface area contributed by atoms with Gasteiger partial charge in [-0.05, 0) is 17.6 Å². The second kappa shape index (κ2) is 3.46. The molecule has 1 aromatic rings. The summed E-state index contributed by atoms with van der Waals surface area (Å²) >= 11 is 0. The first-order valence-electron chi connectivity index (χ1n) is 3.51. The highest BCUT2D eigenvalue weighted by atomic mass is 16.4. The van der Waals surface area contributed by atoms with Crippen molar-refractivity contribution in [3.05, 3.63) is 23.8 Å². The van der Waals surface area contributed by atoms with Crippen LogP contribution in [0.2, 0.25) is 0 Å². The lowest BCUT2D eigenvalue weighted by atomic mass is 9.77. The van der Waals surface area contributed by atoms with Gasteiger partial charge in [0, 0.05) is 5.69 Å². The molecule has 0 saturated carbocycles. The van der Waals surface area contributed by atoms with Gasteiger partial charge < -0.3 is 20.9 Å². The molecule has 13 heavy (non-hydrogen) atoms. The Kier molecular flexibility index (Phi) is 2.55. The zero-order chi connectivity index (χ0) is 10.0. The quantitative estimate of drug-likeness (QED) is 0.333. The maximum Gasteiger partial charge on any atom is 0.489 e. The van der Waals surface area contributed by atoms with Crippen LogP contribution in [-0.2, 0) is 0 Å². The maximum absolute atomic E-state index is 10.6. The molecule has 0 aliphatic rings. The van der Waals surface area contributed by atoms with Crippen LogP contribution in [0.1, 0.15) is 10.4 Å². The van der Waals surface area contributed by atoms with E-state index in [0.29, 0.717) is 0 Å². The van der Waals surface area contributed by atoms with Gasteiger partial charge in [-0.1, -0.05) is 6.07 Å². The van der Waals surface area contributed by atoms with Crippen LogP contribution in [0.15, 0.2) is 18.2 Å². The summed E-state index contributed by atoms with van der Waals surface area (Å²) in [6, 6.07) is 3.85. The first-order valence-corrected chi connectivity index (χ1v) is 3.51. The fourth-order valence-corrected chi connectivity index (χ4v) is 0.984. The number of nitrogens with two attached hydrogens (primary N) is 1. The Labute approximate surface area is 74.6 Å². The molecule has 0 radical (unpaired) electrons. The van der Waals surface area contributed by atoms with E-state index in [1.807, 2.05) is 0 Å². The number of carbonyl (C=O) groups is 1. The van der Waals surface area contributed by atoms with Crippen molar-refractivity contribution >= 4 is 24.2 Å². The summed E-state index contributed by atoms with van der Waals surface area (Å²) in [4.78, 5) is 10.6. The van der Waals surface area contributed by atoms with Crippen LogP contribution in [0.3, 0.4) is 0 Å². The summed E-state index contributed by atoms with van der Waals surface area (Å²) < 4.78 is 0. The van der Waals surface area contributed by atoms with Crippen molar-refractivity contribution in [3.63, 3.8) is 0 Å². The van der Waals surface area contributed by atoms with E-state index in [1.54, 1.807) is 0 Å². The highest BCUT2D eigenvalue weighted by Crippen LogP contribution is 2.04. The number of aromatic carboxylic acids is 1. The Morgan fingerprint density at radius 2 is 2.00 bits per heavy atom. The summed E-state index contributed by atoms with van der Waals surface area (Å²) in [5, 5.41) is 26.3. The van der Waals surface area contributed by atoms with Crippen LogP contribution in [0.4, 0.5) is 5.69 Å². The predicted molar refractivity (Wildman–Crippen MR) is 47.6 cm³/mol. The number of rotatable bonds is 2. The van der Waals surface area contributed by atoms with Crippen LogP contribution >= 0.6 is 0 Å². The molecule has 0 aromatic heterocycles. The Morgan fingerprint density at radius 3 is 2.46 bits per heavy atom. The number of hydrogen-bond donors (Lipinski definition) is 4. The van der Waals surface area contributed by atoms with E-state index in [9.17, 15) is 4.79 Å². The number of hydrogen-bond acceptors (Lipinski definition) is 4. The highest BCUT2D eigenvalue weighted by molar-refractivity contribution is 6.60. The lowest BCUT2D eigenvalue weighted by Gasteiger charge is -2.04. The van der Waals surface area contributed by atoms with E-state index in [-0.39, 0.29) is 16.7 Å². The van der Waals surface area contributed by atoms with Gasteiger partial charge in [-0.3, -0.25) is 0 Å². The van der Waals surface area contributed by atoms with E-state index in [2.05, 4.69) is 0 Å². The number of carboxylic acid groups (broad SMARTS) is 1. The van der Waals surface area contributed by atoms with E-state index in [0.717, 1.165) is 0 Å². The largest absolute Gasteiger partial charge is 0.489 e. The van der Waals surface area contributed by atoms with Crippen molar-refractivity contribution in [3.8, 4) is 0 Å². The molecule has 0 unspecified atom stereocenters. The smallest absolute Gasteiger partial charge is 0.478 e. The van der Waals surface area contributed by atoms with Crippen LogP contribution in [-0.4, -0.2) is 28.2 Å². The molecule has 1 rings (SSSR count). The number of carboxylic acids is 1. The average molecular weight is 181 g/mol. The van der Waals surface area contributed by atoms with E-state index in [4.69, 9.17) is 20.9 Å². The standard InChI is InChI=1S/C7H8BNO4/c9-4-1-2-6(8(12)13)5(3-4)7(10)11/h1-3,12-13H,9H2,(H,10,11). The molecule has 0 aliphatic heterocycles. The number of anilines is 1. The minimum Gasteiger partial charge on any atom is -0.478 e. The first-order chi connectivity index (χ1) is 6.02. The van der Waals surface area contributed by atoms with Gasteiger partial charge in [-0.25, -0.2) is 4.79 Å². The molecule has 0 fully saturated rings. The van der Waals surface area contributed by atoms with E-state index < -0.39 is 13.1 Å². The normalized spacial score (nSPS) is 9.69. The van der Waals surface area contributed by atoms with Gasteiger partial charge >= 0.3 is 13.1 Å². The highest BCUT2D eigenvalue weighted by Gasteiger charge is 2.19. The fraction of sp³-hybridized carbons (Fsp3) is 0. The van der Waals surface area contributed by atoms with Gasteiger partial charge in [-0.2, -0.15) is 0 Å². The summed E-state index contributed by atoms with van der Waals surface area (Å²) in [7, 11) is -1.80. The van der Waals surface area contributed by atoms with Crippen molar-refractivity contribution in [2.24, 2.45) is 0 Å². The first kappa shape index (κ1) is 9.56. The van der Waals surface area contributed by atoms with Crippen LogP contribution in [0.5, 0.6) is 0 Å². The van der Waals surface area contributed by atoms with Gasteiger partial charge in [0.15, 0.2) is 0 Å². The van der Waals surface area contributed by atoms with Gasteiger partial charge in [-0.15, -0.1) is 0 Å². The van der Waals surface area contributed by atoms with Gasteiger partial charge in [0.1, 0.15) is 0 Å². The summed E-state index contributed by atoms with van der Waals surface area (Å²) in [5.74, 6) is -1.24. The van der Waals surface area contributed by atoms with Crippen molar-refractivity contribution in [2.75, 3.05) is 5.73 Å². The molecule has 68 valence electrons. The van der Waals surface area contributed by atoms with E-state index >= 15 is 0 Å². The molecule has 0 aliphatic carbocycles. The molecular weight excluding hydrogens is 173 g/mol. The van der Waals surface area contributed by atoms with Gasteiger partial charge in [0.2, 0.25) is 0 Å². The predicted octanol–water partition coefficient (Wildman–Crippen LogP) is -1.35. The monoisotopic (exact) mass is 181 g/mol. The fourth-order valence-electron chi connectivity index (χ4n) is 0.984. The SMILES string of the molecule is Nc1ccc(B(O)O)c(C(=O)O)c1. The molecule has 6 heteroatoms. The van der Waals surface area contributed by atoms with Crippen molar-refractivity contribution in [1.82, 2.24) is 0 Å². The average Bonchev–Trinajstić information content (AvgIpc) is 2.03. The third-order valence-corrected chi connectivity index (χ3v) is 1.59. The molecule has 0 spiro atoms. The van der Waals surface area contributed by atoms with Crippen molar-refractivity contribution < 1.29 is 19.9 Å². The van der Waals surface area contributed by atoms with E-state index in [1.165, 1.54) is 18.2 Å². The number of nitrogen functional groups attached to an aromatic ring is 1. The molecule has 0 atom stereocenters. The van der Waals surface area contributed by atoms with Crippen LogP contribution < -0.4 is 11.2 Å². The Hall–Kier alpha value is -1.53. The molecule has 0 heterocycles. The second-order valence-corrected chi connectivity index (χ2v) is 2.53. The molecule has 5 N–H and O–H groups in total. The third kappa shape index (κ3) is 1.98. The summed E-state index contributed by atoms with van der Waals surface area (Å²) in [6.45, 7) is 0. The van der Waals surface area contributed by atoms with Crippen molar-refractivity contribution in [2.45, 2.75) is 0 Å². The Bertz CT molecular complexity index is 339. The minimum atomic E-state index is -1.80. The molecular formula is C7H8BNO4. The molecule has 5 nitrogen and oxygen atoms in total. The minimum absolute atomic E-state index is 0.0679. The van der Waals surface area contributed by atoms with Gasteiger partial charge in [0.25, 0.3) is 0 Å². The Balaban J connectivity index is 3.27. The molecule has 0 bridgehead atoms. The lowest BCUT2D eigenvalue weighted by molar-refractivity contribution is 0.0698. The third-order valence-electron chi connectivity index (χ3n) is 1.59. The topological polar surface area (TPSA) is 104 Å². The zero-order valence-corrected chi connectivity index (χ0v) is 6.64. The zero-order valence-electron chi connectivity index (χ0n) is 6.64. The molecule has 0 amide bonds. The summed E-state index contributed by atoms with van der Waals surface area (Å²) in [6.07, 6.45) is 0. The molecule has 1 aromatic carbocycles. The summed E-state index contributed by atoms with van der Waals surface area (Å²) in [5.41, 5.74) is 5.34. The number of benzene rings is 1. The van der Waals surface area contributed by atoms with Crippen LogP contribution in [0, 0.1) is 0 Å². The van der Waals surface area contributed by atoms with Gasteiger partial charge in [0.05, 0.1) is 5.56 Å². The maximum atomic E-state index is 10.6. The van der Waals surface area contributed by atoms with Crippen LogP contribution in [0.25, 0.3) is 0 Å². The lowest BCUT2D eigenvalue weighted by Crippen LogP contribution is -2.34. The second-order valence-electron chi connectivity index (χ2n) is 2.53. The Morgan fingerprint density at radius 1 is 1.38 bits per heavy atom.